The average molecular weight is 424 g/mol. The van der Waals surface area contributed by atoms with Crippen molar-refractivity contribution < 1.29 is 17.8 Å². The van der Waals surface area contributed by atoms with Crippen LogP contribution in [0.1, 0.15) is 30.4 Å². The van der Waals surface area contributed by atoms with E-state index in [1.807, 2.05) is 59.5 Å². The Morgan fingerprint density at radius 2 is 1.63 bits per heavy atom. The maximum absolute atomic E-state index is 12.9. The number of nitrogens with zero attached hydrogens (tertiary/aromatic N) is 1. The predicted octanol–water partition coefficient (Wildman–Crippen LogP) is 4.18. The Morgan fingerprint density at radius 1 is 0.933 bits per heavy atom. The smallest absolute Gasteiger partial charge is 0.264 e. The first-order valence-corrected chi connectivity index (χ1v) is 11.7. The first-order chi connectivity index (χ1) is 14.3. The van der Waals surface area contributed by atoms with Gasteiger partial charge in [0.25, 0.3) is 10.1 Å². The first-order valence-electron chi connectivity index (χ1n) is 10.1. The van der Waals surface area contributed by atoms with Crippen LogP contribution in [-0.4, -0.2) is 36.1 Å². The average Bonchev–Trinajstić information content (AvgIpc) is 3.03. The van der Waals surface area contributed by atoms with E-state index in [4.69, 9.17) is 0 Å². The Kier molecular flexibility index (Phi) is 5.62. The van der Waals surface area contributed by atoms with Crippen LogP contribution in [0.4, 0.5) is 0 Å². The Morgan fingerprint density at radius 3 is 2.37 bits per heavy atom. The van der Waals surface area contributed by atoms with E-state index in [1.165, 1.54) is 0 Å². The molecule has 1 saturated heterocycles. The molecular formula is C24H25NO4S. The highest BCUT2D eigenvalue weighted by Crippen LogP contribution is 2.41. The summed E-state index contributed by atoms with van der Waals surface area (Å²) >= 11 is 0. The fourth-order valence-electron chi connectivity index (χ4n) is 4.48. The Bertz CT molecular complexity index is 1160. The van der Waals surface area contributed by atoms with Crippen LogP contribution in [0.3, 0.4) is 0 Å². The zero-order valence-corrected chi connectivity index (χ0v) is 17.5. The number of benzene rings is 3. The van der Waals surface area contributed by atoms with Gasteiger partial charge in [0.05, 0.1) is 5.75 Å². The lowest BCUT2D eigenvalue weighted by Gasteiger charge is -2.30. The number of likely N-dealkylation sites (tertiary alicyclic amines) is 1. The van der Waals surface area contributed by atoms with Gasteiger partial charge in [-0.15, -0.1) is 0 Å². The maximum Gasteiger partial charge on any atom is 0.264 e. The van der Waals surface area contributed by atoms with E-state index in [0.29, 0.717) is 32.4 Å². The molecular weight excluding hydrogens is 398 g/mol. The van der Waals surface area contributed by atoms with Crippen LogP contribution in [0.5, 0.6) is 0 Å². The van der Waals surface area contributed by atoms with E-state index < -0.39 is 15.5 Å². The van der Waals surface area contributed by atoms with Gasteiger partial charge in [0.15, 0.2) is 0 Å². The summed E-state index contributed by atoms with van der Waals surface area (Å²) in [7, 11) is -4.03. The highest BCUT2D eigenvalue weighted by Gasteiger charge is 2.44. The van der Waals surface area contributed by atoms with Gasteiger partial charge in [0.1, 0.15) is 0 Å². The molecule has 1 atom stereocenters. The highest BCUT2D eigenvalue weighted by atomic mass is 32.2. The molecule has 5 nitrogen and oxygen atoms in total. The summed E-state index contributed by atoms with van der Waals surface area (Å²) in [5.41, 5.74) is 1.64. The minimum Gasteiger partial charge on any atom is -0.337 e. The minimum absolute atomic E-state index is 0.0684. The second-order valence-electron chi connectivity index (χ2n) is 8.14. The zero-order valence-electron chi connectivity index (χ0n) is 16.7. The number of amides is 1. The van der Waals surface area contributed by atoms with Gasteiger partial charge in [-0.3, -0.25) is 9.35 Å². The van der Waals surface area contributed by atoms with Crippen molar-refractivity contribution in [2.45, 2.75) is 31.2 Å². The molecule has 0 bridgehead atoms. The SMILES string of the molecule is O=C1CC(CCCS(=O)(=O)O)(c2ccc3ccccc3c2)CN1Cc1ccccc1. The molecule has 1 unspecified atom stereocenters. The largest absolute Gasteiger partial charge is 0.337 e. The van der Waals surface area contributed by atoms with Gasteiger partial charge >= 0.3 is 0 Å². The van der Waals surface area contributed by atoms with Gasteiger partial charge in [0, 0.05) is 24.9 Å². The van der Waals surface area contributed by atoms with Gasteiger partial charge in [0.2, 0.25) is 5.91 Å². The standard InChI is InChI=1S/C24H25NO4S/c26-23-16-24(13-6-14-30(27,28)29,18-25(23)17-19-7-2-1-3-8-19)22-12-11-20-9-4-5-10-21(20)15-22/h1-5,7-12,15H,6,13-14,16-18H2,(H,27,28,29). The van der Waals surface area contributed by atoms with E-state index >= 15 is 0 Å². The van der Waals surface area contributed by atoms with Gasteiger partial charge in [-0.25, -0.2) is 0 Å². The predicted molar refractivity (Wildman–Crippen MR) is 118 cm³/mol. The normalized spacial score (nSPS) is 19.5. The maximum atomic E-state index is 12.9. The lowest BCUT2D eigenvalue weighted by atomic mass is 9.75. The summed E-state index contributed by atoms with van der Waals surface area (Å²) in [4.78, 5) is 14.8. The molecule has 1 fully saturated rings. The highest BCUT2D eigenvalue weighted by molar-refractivity contribution is 7.85. The van der Waals surface area contributed by atoms with E-state index in [-0.39, 0.29) is 11.7 Å². The monoisotopic (exact) mass is 423 g/mol. The molecule has 4 rings (SSSR count). The second-order valence-corrected chi connectivity index (χ2v) is 9.72. The molecule has 1 amide bonds. The number of carbonyl (C=O) groups is 1. The van der Waals surface area contributed by atoms with Crippen LogP contribution in [0, 0.1) is 0 Å². The molecule has 1 aliphatic heterocycles. The molecule has 3 aromatic carbocycles. The fourth-order valence-corrected chi connectivity index (χ4v) is 4.99. The lowest BCUT2D eigenvalue weighted by Crippen LogP contribution is -2.32. The van der Waals surface area contributed by atoms with Crippen molar-refractivity contribution in [2.75, 3.05) is 12.3 Å². The molecule has 0 aromatic heterocycles. The molecule has 0 saturated carbocycles. The van der Waals surface area contributed by atoms with Crippen molar-refractivity contribution in [1.29, 1.82) is 0 Å². The van der Waals surface area contributed by atoms with E-state index in [1.54, 1.807) is 0 Å². The van der Waals surface area contributed by atoms with Gasteiger partial charge in [-0.2, -0.15) is 8.42 Å². The summed E-state index contributed by atoms with van der Waals surface area (Å²) in [6.45, 7) is 1.07. The topological polar surface area (TPSA) is 74.7 Å². The summed E-state index contributed by atoms with van der Waals surface area (Å²) < 4.78 is 31.7. The van der Waals surface area contributed by atoms with Crippen LogP contribution in [0.2, 0.25) is 0 Å². The molecule has 30 heavy (non-hydrogen) atoms. The van der Waals surface area contributed by atoms with Crippen molar-refractivity contribution in [2.24, 2.45) is 0 Å². The summed E-state index contributed by atoms with van der Waals surface area (Å²) in [5, 5.41) is 2.22. The van der Waals surface area contributed by atoms with Gasteiger partial charge < -0.3 is 4.90 Å². The molecule has 156 valence electrons. The van der Waals surface area contributed by atoms with E-state index in [0.717, 1.165) is 21.9 Å². The molecule has 0 radical (unpaired) electrons. The number of hydrogen-bond donors (Lipinski definition) is 1. The lowest BCUT2D eigenvalue weighted by molar-refractivity contribution is -0.128. The Labute approximate surface area is 177 Å². The molecule has 0 spiro atoms. The third kappa shape index (κ3) is 4.55. The van der Waals surface area contributed by atoms with Crippen molar-refractivity contribution in [3.05, 3.63) is 83.9 Å². The van der Waals surface area contributed by atoms with Crippen LogP contribution in [0.15, 0.2) is 72.8 Å². The van der Waals surface area contributed by atoms with Gasteiger partial charge in [-0.1, -0.05) is 72.8 Å². The van der Waals surface area contributed by atoms with E-state index in [2.05, 4.69) is 18.2 Å². The summed E-state index contributed by atoms with van der Waals surface area (Å²) in [6.07, 6.45) is 1.16. The quantitative estimate of drug-likeness (QED) is 0.579. The number of hydrogen-bond acceptors (Lipinski definition) is 3. The first kappa shape index (κ1) is 20.6. The number of rotatable bonds is 7. The van der Waals surface area contributed by atoms with Crippen LogP contribution >= 0.6 is 0 Å². The summed E-state index contributed by atoms with van der Waals surface area (Å²) in [5.74, 6) is -0.228. The molecule has 1 heterocycles. The number of fused-ring (bicyclic) bond motifs is 1. The van der Waals surface area contributed by atoms with Crippen LogP contribution < -0.4 is 0 Å². The minimum atomic E-state index is -4.03. The number of carbonyl (C=O) groups excluding carboxylic acids is 1. The molecule has 1 N–H and O–H groups in total. The Hall–Kier alpha value is -2.70. The van der Waals surface area contributed by atoms with Crippen LogP contribution in [-0.2, 0) is 26.9 Å². The Balaban J connectivity index is 1.66. The summed E-state index contributed by atoms with van der Waals surface area (Å²) in [6, 6.07) is 24.2. The molecule has 6 heteroatoms. The van der Waals surface area contributed by atoms with Crippen LogP contribution in [0.25, 0.3) is 10.8 Å². The van der Waals surface area contributed by atoms with E-state index in [9.17, 15) is 17.8 Å². The van der Waals surface area contributed by atoms with Crippen molar-refractivity contribution >= 4 is 26.8 Å². The molecule has 3 aromatic rings. The second kappa shape index (κ2) is 8.20. The molecule has 1 aliphatic rings. The third-order valence-corrected chi connectivity index (χ3v) is 6.78. The van der Waals surface area contributed by atoms with Crippen molar-refractivity contribution in [3.8, 4) is 0 Å². The molecule has 0 aliphatic carbocycles. The van der Waals surface area contributed by atoms with Crippen molar-refractivity contribution in [3.63, 3.8) is 0 Å². The van der Waals surface area contributed by atoms with Gasteiger partial charge in [-0.05, 0) is 34.7 Å². The van der Waals surface area contributed by atoms with Crippen molar-refractivity contribution in [1.82, 2.24) is 4.90 Å². The zero-order chi connectivity index (χ0) is 21.2. The fraction of sp³-hybridized carbons (Fsp3) is 0.292. The third-order valence-electron chi connectivity index (χ3n) is 5.97.